The van der Waals surface area contributed by atoms with E-state index in [9.17, 15) is 18.4 Å². The van der Waals surface area contributed by atoms with E-state index in [1.165, 1.54) is 6.07 Å². The smallest absolute Gasteiger partial charge is 0.292 e. The summed E-state index contributed by atoms with van der Waals surface area (Å²) in [5.41, 5.74) is 0.612. The molecule has 142 valence electrons. The van der Waals surface area contributed by atoms with E-state index in [2.05, 4.69) is 26.2 Å². The lowest BCUT2D eigenvalue weighted by atomic mass is 10.1. The summed E-state index contributed by atoms with van der Waals surface area (Å²) in [4.78, 5) is 27.9. The quantitative estimate of drug-likeness (QED) is 0.508. The van der Waals surface area contributed by atoms with Gasteiger partial charge in [-0.3, -0.25) is 15.4 Å². The minimum absolute atomic E-state index is 0.0603. The van der Waals surface area contributed by atoms with Crippen LogP contribution in [0.25, 0.3) is 11.1 Å². The number of carbonyl (C=O) groups is 2. The summed E-state index contributed by atoms with van der Waals surface area (Å²) in [5.74, 6) is -3.31. The van der Waals surface area contributed by atoms with Crippen LogP contribution in [0.2, 0.25) is 5.15 Å². The molecule has 28 heavy (non-hydrogen) atoms. The third-order valence-corrected chi connectivity index (χ3v) is 4.48. The molecule has 0 aliphatic heterocycles. The standard InChI is InChI=1S/C19H11BrClF2N3O2/c20-11-6-4-10(5-7-11)12-8-9-15(24-17(12)21)25-19(28)26-18(27)16-13(22)2-1-3-14(16)23/h1-9H,(H2,24,25,26,27,28). The minimum Gasteiger partial charge on any atom is -0.292 e. The molecule has 0 aliphatic carbocycles. The third kappa shape index (κ3) is 4.52. The predicted molar refractivity (Wildman–Crippen MR) is 105 cm³/mol. The lowest BCUT2D eigenvalue weighted by Gasteiger charge is -2.09. The van der Waals surface area contributed by atoms with Gasteiger partial charge in [0.1, 0.15) is 28.2 Å². The number of amides is 3. The number of urea groups is 1. The molecule has 3 rings (SSSR count). The van der Waals surface area contributed by atoms with Gasteiger partial charge in [-0.25, -0.2) is 18.6 Å². The highest BCUT2D eigenvalue weighted by Gasteiger charge is 2.19. The SMILES string of the molecule is O=C(NC(=O)c1c(F)cccc1F)Nc1ccc(-c2ccc(Br)cc2)c(Cl)n1. The fourth-order valence-corrected chi connectivity index (χ4v) is 2.90. The van der Waals surface area contributed by atoms with E-state index in [4.69, 9.17) is 11.6 Å². The van der Waals surface area contributed by atoms with E-state index in [0.29, 0.717) is 5.56 Å². The molecule has 0 aliphatic rings. The molecule has 1 heterocycles. The van der Waals surface area contributed by atoms with Crippen molar-refractivity contribution in [3.8, 4) is 11.1 Å². The zero-order valence-corrected chi connectivity index (χ0v) is 16.3. The molecule has 2 aromatic carbocycles. The summed E-state index contributed by atoms with van der Waals surface area (Å²) in [6, 6.07) is 12.4. The first kappa shape index (κ1) is 19.9. The van der Waals surface area contributed by atoms with Crippen molar-refractivity contribution in [1.82, 2.24) is 10.3 Å². The lowest BCUT2D eigenvalue weighted by Crippen LogP contribution is -2.35. The first-order chi connectivity index (χ1) is 13.3. The summed E-state index contributed by atoms with van der Waals surface area (Å²) in [6.45, 7) is 0. The van der Waals surface area contributed by atoms with Crippen molar-refractivity contribution in [2.45, 2.75) is 0 Å². The Morgan fingerprint density at radius 2 is 1.61 bits per heavy atom. The molecular formula is C19H11BrClF2N3O2. The van der Waals surface area contributed by atoms with Gasteiger partial charge in [0.15, 0.2) is 0 Å². The molecule has 0 atom stereocenters. The average molecular weight is 467 g/mol. The Bertz CT molecular complexity index is 1040. The van der Waals surface area contributed by atoms with Gasteiger partial charge in [0.05, 0.1) is 0 Å². The van der Waals surface area contributed by atoms with Gasteiger partial charge in [-0.1, -0.05) is 45.7 Å². The van der Waals surface area contributed by atoms with Crippen molar-refractivity contribution in [3.63, 3.8) is 0 Å². The summed E-state index contributed by atoms with van der Waals surface area (Å²) in [7, 11) is 0. The number of hydrogen-bond donors (Lipinski definition) is 2. The normalized spacial score (nSPS) is 10.4. The molecule has 0 saturated heterocycles. The minimum atomic E-state index is -1.22. The molecule has 5 nitrogen and oxygen atoms in total. The van der Waals surface area contributed by atoms with Crippen molar-refractivity contribution in [2.24, 2.45) is 0 Å². The predicted octanol–water partition coefficient (Wildman–Crippen LogP) is 5.40. The van der Waals surface area contributed by atoms with Gasteiger partial charge in [0.25, 0.3) is 5.91 Å². The van der Waals surface area contributed by atoms with Crippen LogP contribution in [-0.2, 0) is 0 Å². The van der Waals surface area contributed by atoms with Crippen molar-refractivity contribution in [2.75, 3.05) is 5.32 Å². The molecule has 0 saturated carbocycles. The second kappa shape index (κ2) is 8.45. The van der Waals surface area contributed by atoms with E-state index >= 15 is 0 Å². The first-order valence-electron chi connectivity index (χ1n) is 7.84. The monoisotopic (exact) mass is 465 g/mol. The first-order valence-corrected chi connectivity index (χ1v) is 9.01. The van der Waals surface area contributed by atoms with Crippen molar-refractivity contribution >= 4 is 45.3 Å². The Morgan fingerprint density at radius 3 is 2.21 bits per heavy atom. The Labute approximate surface area is 171 Å². The highest BCUT2D eigenvalue weighted by Crippen LogP contribution is 2.28. The van der Waals surface area contributed by atoms with Crippen LogP contribution in [0.5, 0.6) is 0 Å². The maximum Gasteiger partial charge on any atom is 0.327 e. The van der Waals surface area contributed by atoms with E-state index in [1.807, 2.05) is 29.6 Å². The van der Waals surface area contributed by atoms with Crippen LogP contribution >= 0.6 is 27.5 Å². The zero-order valence-electron chi connectivity index (χ0n) is 14.0. The molecule has 0 spiro atoms. The Balaban J connectivity index is 1.71. The Kier molecular flexibility index (Phi) is 6.01. The largest absolute Gasteiger partial charge is 0.327 e. The number of imide groups is 1. The van der Waals surface area contributed by atoms with Crippen LogP contribution in [0.15, 0.2) is 59.1 Å². The van der Waals surface area contributed by atoms with Crippen molar-refractivity contribution < 1.29 is 18.4 Å². The molecule has 1 aromatic heterocycles. The number of halogens is 4. The van der Waals surface area contributed by atoms with E-state index in [1.54, 1.807) is 6.07 Å². The maximum absolute atomic E-state index is 13.6. The Morgan fingerprint density at radius 1 is 0.964 bits per heavy atom. The van der Waals surface area contributed by atoms with E-state index < -0.39 is 29.1 Å². The molecule has 9 heteroatoms. The van der Waals surface area contributed by atoms with Gasteiger partial charge < -0.3 is 0 Å². The highest BCUT2D eigenvalue weighted by molar-refractivity contribution is 9.10. The average Bonchev–Trinajstić information content (AvgIpc) is 2.62. The van der Waals surface area contributed by atoms with Gasteiger partial charge in [-0.2, -0.15) is 0 Å². The summed E-state index contributed by atoms with van der Waals surface area (Å²) < 4.78 is 28.1. The summed E-state index contributed by atoms with van der Waals surface area (Å²) >= 11 is 9.51. The molecule has 3 aromatic rings. The summed E-state index contributed by atoms with van der Waals surface area (Å²) in [6.07, 6.45) is 0. The Hall–Kier alpha value is -2.84. The van der Waals surface area contributed by atoms with E-state index in [0.717, 1.165) is 28.2 Å². The number of hydrogen-bond acceptors (Lipinski definition) is 3. The second-order valence-electron chi connectivity index (χ2n) is 5.55. The number of nitrogens with zero attached hydrogens (tertiary/aromatic N) is 1. The zero-order chi connectivity index (χ0) is 20.3. The highest BCUT2D eigenvalue weighted by atomic mass is 79.9. The molecule has 3 amide bonds. The fourth-order valence-electron chi connectivity index (χ4n) is 2.38. The number of pyridine rings is 1. The lowest BCUT2D eigenvalue weighted by molar-refractivity contribution is 0.0959. The fraction of sp³-hybridized carbons (Fsp3) is 0. The molecule has 0 unspecified atom stereocenters. The van der Waals surface area contributed by atoms with Gasteiger partial charge in [-0.15, -0.1) is 0 Å². The maximum atomic E-state index is 13.6. The van der Waals surface area contributed by atoms with Crippen LogP contribution in [0, 0.1) is 11.6 Å². The molecule has 0 fully saturated rings. The van der Waals surface area contributed by atoms with Crippen LogP contribution in [-0.4, -0.2) is 16.9 Å². The molecule has 0 bridgehead atoms. The number of carbonyl (C=O) groups excluding carboxylic acids is 2. The van der Waals surface area contributed by atoms with Crippen LogP contribution in [0.1, 0.15) is 10.4 Å². The number of rotatable bonds is 3. The van der Waals surface area contributed by atoms with Gasteiger partial charge >= 0.3 is 6.03 Å². The van der Waals surface area contributed by atoms with E-state index in [-0.39, 0.29) is 11.0 Å². The topological polar surface area (TPSA) is 71.1 Å². The van der Waals surface area contributed by atoms with Crippen LogP contribution in [0.3, 0.4) is 0 Å². The molecular weight excluding hydrogens is 456 g/mol. The third-order valence-electron chi connectivity index (χ3n) is 3.66. The van der Waals surface area contributed by atoms with Gasteiger partial charge in [0, 0.05) is 10.0 Å². The number of aromatic nitrogens is 1. The van der Waals surface area contributed by atoms with Crippen molar-refractivity contribution in [3.05, 3.63) is 81.4 Å². The number of benzene rings is 2. The van der Waals surface area contributed by atoms with Gasteiger partial charge in [0.2, 0.25) is 0 Å². The second-order valence-corrected chi connectivity index (χ2v) is 6.82. The molecule has 0 radical (unpaired) electrons. The van der Waals surface area contributed by atoms with Crippen LogP contribution < -0.4 is 10.6 Å². The number of anilines is 1. The molecule has 2 N–H and O–H groups in total. The van der Waals surface area contributed by atoms with Crippen LogP contribution in [0.4, 0.5) is 19.4 Å². The van der Waals surface area contributed by atoms with Crippen molar-refractivity contribution in [1.29, 1.82) is 0 Å². The number of nitrogens with one attached hydrogen (secondary N) is 2. The summed E-state index contributed by atoms with van der Waals surface area (Å²) in [5, 5.41) is 4.26. The van der Waals surface area contributed by atoms with Gasteiger partial charge in [-0.05, 0) is 42.0 Å².